The first kappa shape index (κ1) is 14.4. The molecular formula is C17H15N5O2. The van der Waals surface area contributed by atoms with Crippen molar-refractivity contribution in [2.45, 2.75) is 20.4 Å². The lowest BCUT2D eigenvalue weighted by Gasteiger charge is -2.09. The van der Waals surface area contributed by atoms with Crippen molar-refractivity contribution in [3.8, 4) is 0 Å². The van der Waals surface area contributed by atoms with Gasteiger partial charge >= 0.3 is 0 Å². The van der Waals surface area contributed by atoms with Crippen LogP contribution < -0.4 is 0 Å². The van der Waals surface area contributed by atoms with Crippen molar-refractivity contribution < 1.29 is 4.92 Å². The van der Waals surface area contributed by atoms with Crippen molar-refractivity contribution in [3.63, 3.8) is 0 Å². The highest BCUT2D eigenvalue weighted by Gasteiger charge is 2.13. The van der Waals surface area contributed by atoms with Gasteiger partial charge in [-0.05, 0) is 37.6 Å². The van der Waals surface area contributed by atoms with Gasteiger partial charge in [0.2, 0.25) is 0 Å². The molecule has 0 fully saturated rings. The molecule has 3 heterocycles. The van der Waals surface area contributed by atoms with Gasteiger partial charge in [-0.25, -0.2) is 0 Å². The molecule has 0 amide bonds. The summed E-state index contributed by atoms with van der Waals surface area (Å²) in [4.78, 5) is 10.6. The Morgan fingerprint density at radius 3 is 2.71 bits per heavy atom. The molecule has 0 saturated heterocycles. The molecule has 0 unspecified atom stereocenters. The lowest BCUT2D eigenvalue weighted by molar-refractivity contribution is -0.384. The number of nitro groups is 1. The molecule has 4 aromatic rings. The van der Waals surface area contributed by atoms with Gasteiger partial charge in [0, 0.05) is 24.4 Å². The molecule has 0 N–H and O–H groups in total. The lowest BCUT2D eigenvalue weighted by Crippen LogP contribution is -2.02. The van der Waals surface area contributed by atoms with Crippen molar-refractivity contribution in [2.75, 3.05) is 0 Å². The van der Waals surface area contributed by atoms with E-state index in [0.717, 1.165) is 33.8 Å². The van der Waals surface area contributed by atoms with E-state index in [0.29, 0.717) is 6.54 Å². The Morgan fingerprint density at radius 2 is 1.92 bits per heavy atom. The maximum absolute atomic E-state index is 11.0. The Morgan fingerprint density at radius 1 is 1.08 bits per heavy atom. The second-order valence-corrected chi connectivity index (χ2v) is 5.84. The standard InChI is InChI=1S/C17H15N5O2/c1-11-8-16-15(6-7-17-19-18-12(2)21(16)17)20(11)10-13-4-3-5-14(9-13)22(23)24/h3-9H,10H2,1-2H3. The van der Waals surface area contributed by atoms with Crippen molar-refractivity contribution in [2.24, 2.45) is 0 Å². The molecule has 7 nitrogen and oxygen atoms in total. The zero-order valence-electron chi connectivity index (χ0n) is 13.3. The van der Waals surface area contributed by atoms with Crippen LogP contribution in [-0.4, -0.2) is 24.1 Å². The lowest BCUT2D eigenvalue weighted by atomic mass is 10.2. The number of nitro benzene ring substituents is 1. The van der Waals surface area contributed by atoms with Crippen LogP contribution in [0.25, 0.3) is 16.7 Å². The molecule has 0 aliphatic carbocycles. The molecule has 3 aromatic heterocycles. The first-order chi connectivity index (χ1) is 11.5. The third-order valence-electron chi connectivity index (χ3n) is 4.27. The zero-order chi connectivity index (χ0) is 16.8. The summed E-state index contributed by atoms with van der Waals surface area (Å²) in [6.45, 7) is 4.53. The molecule has 0 aliphatic heterocycles. The zero-order valence-corrected chi connectivity index (χ0v) is 13.3. The fourth-order valence-corrected chi connectivity index (χ4v) is 3.13. The SMILES string of the molecule is Cc1cc2c(ccc3nnc(C)n32)n1Cc1cccc([N+](=O)[O-])c1. The van der Waals surface area contributed by atoms with Crippen molar-refractivity contribution >= 4 is 22.4 Å². The summed E-state index contributed by atoms with van der Waals surface area (Å²) in [6, 6.07) is 12.8. The molecule has 0 bridgehead atoms. The molecule has 0 saturated carbocycles. The number of pyridine rings is 1. The number of benzene rings is 1. The van der Waals surface area contributed by atoms with Crippen molar-refractivity contribution in [3.05, 3.63) is 69.7 Å². The van der Waals surface area contributed by atoms with Gasteiger partial charge in [0.05, 0.1) is 16.0 Å². The number of rotatable bonds is 3. The summed E-state index contributed by atoms with van der Waals surface area (Å²) in [7, 11) is 0. The fourth-order valence-electron chi connectivity index (χ4n) is 3.13. The molecule has 1 aromatic carbocycles. The molecule has 4 rings (SSSR count). The third-order valence-corrected chi connectivity index (χ3v) is 4.27. The van der Waals surface area contributed by atoms with Crippen LogP contribution >= 0.6 is 0 Å². The van der Waals surface area contributed by atoms with E-state index in [1.54, 1.807) is 12.1 Å². The first-order valence-electron chi connectivity index (χ1n) is 7.58. The summed E-state index contributed by atoms with van der Waals surface area (Å²) in [5, 5.41) is 19.3. The fraction of sp³-hybridized carbons (Fsp3) is 0.176. The number of fused-ring (bicyclic) bond motifs is 3. The maximum atomic E-state index is 11.0. The van der Waals surface area contributed by atoms with Gasteiger partial charge in [0.15, 0.2) is 5.65 Å². The van der Waals surface area contributed by atoms with Crippen LogP contribution in [0, 0.1) is 24.0 Å². The van der Waals surface area contributed by atoms with E-state index < -0.39 is 0 Å². The average molecular weight is 321 g/mol. The van der Waals surface area contributed by atoms with E-state index in [9.17, 15) is 10.1 Å². The number of hydrogen-bond acceptors (Lipinski definition) is 4. The monoisotopic (exact) mass is 321 g/mol. The Labute approximate surface area is 137 Å². The predicted molar refractivity (Wildman–Crippen MR) is 90.2 cm³/mol. The van der Waals surface area contributed by atoms with Crippen molar-refractivity contribution in [1.29, 1.82) is 0 Å². The number of aryl methyl sites for hydroxylation is 2. The van der Waals surface area contributed by atoms with Gasteiger partial charge < -0.3 is 4.57 Å². The average Bonchev–Trinajstić information content (AvgIpc) is 3.09. The highest BCUT2D eigenvalue weighted by atomic mass is 16.6. The Bertz CT molecular complexity index is 1090. The van der Waals surface area contributed by atoms with Crippen LogP contribution in [-0.2, 0) is 6.54 Å². The third kappa shape index (κ3) is 2.13. The van der Waals surface area contributed by atoms with E-state index in [2.05, 4.69) is 20.8 Å². The quantitative estimate of drug-likeness (QED) is 0.428. The second-order valence-electron chi connectivity index (χ2n) is 5.84. The highest BCUT2D eigenvalue weighted by molar-refractivity contribution is 5.81. The van der Waals surface area contributed by atoms with Crippen LogP contribution in [0.5, 0.6) is 0 Å². The van der Waals surface area contributed by atoms with Crippen LogP contribution in [0.1, 0.15) is 17.1 Å². The second kappa shape index (κ2) is 5.16. The molecule has 0 atom stereocenters. The Kier molecular flexibility index (Phi) is 3.09. The summed E-state index contributed by atoms with van der Waals surface area (Å²) < 4.78 is 4.17. The predicted octanol–water partition coefficient (Wildman–Crippen LogP) is 3.26. The van der Waals surface area contributed by atoms with Gasteiger partial charge in [0.25, 0.3) is 5.69 Å². The Hall–Kier alpha value is -3.22. The minimum absolute atomic E-state index is 0.110. The summed E-state index contributed by atoms with van der Waals surface area (Å²) in [5.74, 6) is 0.836. The largest absolute Gasteiger partial charge is 0.339 e. The van der Waals surface area contributed by atoms with E-state index in [-0.39, 0.29) is 10.6 Å². The van der Waals surface area contributed by atoms with Crippen LogP contribution in [0.4, 0.5) is 5.69 Å². The number of hydrogen-bond donors (Lipinski definition) is 0. The molecule has 0 radical (unpaired) electrons. The van der Waals surface area contributed by atoms with Crippen LogP contribution in [0.3, 0.4) is 0 Å². The molecular weight excluding hydrogens is 306 g/mol. The number of nitrogens with zero attached hydrogens (tertiary/aromatic N) is 5. The van der Waals surface area contributed by atoms with Crippen LogP contribution in [0.15, 0.2) is 42.5 Å². The molecule has 24 heavy (non-hydrogen) atoms. The summed E-state index contributed by atoms with van der Waals surface area (Å²) >= 11 is 0. The van der Waals surface area contributed by atoms with E-state index >= 15 is 0 Å². The van der Waals surface area contributed by atoms with Crippen LogP contribution in [0.2, 0.25) is 0 Å². The first-order valence-corrected chi connectivity index (χ1v) is 7.58. The normalized spacial score (nSPS) is 11.4. The van der Waals surface area contributed by atoms with Gasteiger partial charge in [-0.3, -0.25) is 14.5 Å². The van der Waals surface area contributed by atoms with E-state index in [1.165, 1.54) is 6.07 Å². The topological polar surface area (TPSA) is 78.3 Å². The Balaban J connectivity index is 1.86. The minimum atomic E-state index is -0.367. The number of non-ortho nitro benzene ring substituents is 1. The molecule has 120 valence electrons. The smallest absolute Gasteiger partial charge is 0.269 e. The van der Waals surface area contributed by atoms with Gasteiger partial charge in [-0.1, -0.05) is 12.1 Å². The maximum Gasteiger partial charge on any atom is 0.269 e. The molecule has 0 spiro atoms. The van der Waals surface area contributed by atoms with Gasteiger partial charge in [-0.2, -0.15) is 0 Å². The summed E-state index contributed by atoms with van der Waals surface area (Å²) in [5.41, 5.74) is 4.99. The molecule has 7 heteroatoms. The number of aromatic nitrogens is 4. The van der Waals surface area contributed by atoms with Crippen molar-refractivity contribution in [1.82, 2.24) is 19.2 Å². The van der Waals surface area contributed by atoms with E-state index in [4.69, 9.17) is 0 Å². The molecule has 0 aliphatic rings. The summed E-state index contributed by atoms with van der Waals surface area (Å²) in [6.07, 6.45) is 0. The minimum Gasteiger partial charge on any atom is -0.339 e. The van der Waals surface area contributed by atoms with E-state index in [1.807, 2.05) is 36.4 Å². The van der Waals surface area contributed by atoms with Gasteiger partial charge in [0.1, 0.15) is 5.82 Å². The van der Waals surface area contributed by atoms with Gasteiger partial charge in [-0.15, -0.1) is 10.2 Å². The highest BCUT2D eigenvalue weighted by Crippen LogP contribution is 2.24.